The molecule has 0 saturated carbocycles. The van der Waals surface area contributed by atoms with Gasteiger partial charge < -0.3 is 4.74 Å². The quantitative estimate of drug-likeness (QED) is 0.602. The number of hydrogen-bond acceptors (Lipinski definition) is 6. The Labute approximate surface area is 144 Å². The van der Waals surface area contributed by atoms with Gasteiger partial charge in [-0.25, -0.2) is 0 Å². The fraction of sp³-hybridized carbons (Fsp3) is 0.438. The molecule has 23 heavy (non-hydrogen) atoms. The van der Waals surface area contributed by atoms with Crippen LogP contribution >= 0.6 is 23.1 Å². The fourth-order valence-electron chi connectivity index (χ4n) is 1.90. The lowest BCUT2D eigenvalue weighted by atomic mass is 10.1. The van der Waals surface area contributed by atoms with Crippen molar-refractivity contribution in [2.24, 2.45) is 0 Å². The number of aromatic nitrogens is 2. The number of thioether (sulfide) groups is 1. The van der Waals surface area contributed by atoms with Crippen molar-refractivity contribution >= 4 is 34.1 Å². The van der Waals surface area contributed by atoms with Gasteiger partial charge in [0, 0.05) is 0 Å². The SMILES string of the molecule is CCSc1nnc(NC(=O)[C@H](CC)Oc2ccc(C)c(C)c2)s1. The van der Waals surface area contributed by atoms with Crippen LogP contribution in [0.1, 0.15) is 31.4 Å². The van der Waals surface area contributed by atoms with E-state index < -0.39 is 6.10 Å². The molecule has 1 atom stereocenters. The van der Waals surface area contributed by atoms with Crippen LogP contribution in [0.25, 0.3) is 0 Å². The summed E-state index contributed by atoms with van der Waals surface area (Å²) in [4.78, 5) is 12.4. The number of carbonyl (C=O) groups excluding carboxylic acids is 1. The molecule has 0 saturated heterocycles. The molecule has 0 unspecified atom stereocenters. The van der Waals surface area contributed by atoms with E-state index in [2.05, 4.69) is 22.4 Å². The molecular formula is C16H21N3O2S2. The van der Waals surface area contributed by atoms with Gasteiger partial charge in [0.1, 0.15) is 5.75 Å². The molecule has 2 rings (SSSR count). The summed E-state index contributed by atoms with van der Waals surface area (Å²) in [5.41, 5.74) is 2.34. The van der Waals surface area contributed by atoms with Crippen molar-refractivity contribution < 1.29 is 9.53 Å². The molecule has 0 bridgehead atoms. The molecule has 0 radical (unpaired) electrons. The number of anilines is 1. The van der Waals surface area contributed by atoms with Crippen LogP contribution in [0.2, 0.25) is 0 Å². The summed E-state index contributed by atoms with van der Waals surface area (Å²) in [7, 11) is 0. The molecule has 1 aromatic heterocycles. The molecule has 1 amide bonds. The zero-order valence-electron chi connectivity index (χ0n) is 13.8. The number of rotatable bonds is 7. The van der Waals surface area contributed by atoms with Gasteiger partial charge >= 0.3 is 0 Å². The number of aryl methyl sites for hydroxylation is 2. The molecule has 1 N–H and O–H groups in total. The second-order valence-electron chi connectivity index (χ2n) is 5.06. The second-order valence-corrected chi connectivity index (χ2v) is 7.54. The van der Waals surface area contributed by atoms with Crippen molar-refractivity contribution in [3.8, 4) is 5.75 Å². The Bertz CT molecular complexity index is 673. The van der Waals surface area contributed by atoms with Crippen molar-refractivity contribution in [3.63, 3.8) is 0 Å². The molecule has 5 nitrogen and oxygen atoms in total. The van der Waals surface area contributed by atoms with Crippen LogP contribution in [-0.4, -0.2) is 28.0 Å². The van der Waals surface area contributed by atoms with Crippen molar-refractivity contribution in [2.75, 3.05) is 11.1 Å². The third-order valence-electron chi connectivity index (χ3n) is 3.32. The normalized spacial score (nSPS) is 12.0. The van der Waals surface area contributed by atoms with Crippen LogP contribution in [0.3, 0.4) is 0 Å². The van der Waals surface area contributed by atoms with Crippen molar-refractivity contribution in [2.45, 2.75) is 44.6 Å². The van der Waals surface area contributed by atoms with Crippen molar-refractivity contribution in [3.05, 3.63) is 29.3 Å². The summed E-state index contributed by atoms with van der Waals surface area (Å²) in [6.45, 7) is 8.04. The highest BCUT2D eigenvalue weighted by atomic mass is 32.2. The molecule has 0 aliphatic rings. The maximum absolute atomic E-state index is 12.4. The van der Waals surface area contributed by atoms with Gasteiger partial charge in [-0.05, 0) is 49.3 Å². The molecular weight excluding hydrogens is 330 g/mol. The molecule has 0 aliphatic carbocycles. The van der Waals surface area contributed by atoms with Gasteiger partial charge in [-0.3, -0.25) is 10.1 Å². The van der Waals surface area contributed by atoms with Gasteiger partial charge in [-0.2, -0.15) is 0 Å². The maximum atomic E-state index is 12.4. The molecule has 124 valence electrons. The summed E-state index contributed by atoms with van der Waals surface area (Å²) in [5.74, 6) is 1.43. The van der Waals surface area contributed by atoms with Gasteiger partial charge in [0.15, 0.2) is 10.4 Å². The fourth-order valence-corrected chi connectivity index (χ4v) is 3.55. The smallest absolute Gasteiger partial charge is 0.267 e. The van der Waals surface area contributed by atoms with Gasteiger partial charge in [0.25, 0.3) is 5.91 Å². The van der Waals surface area contributed by atoms with E-state index in [9.17, 15) is 4.79 Å². The maximum Gasteiger partial charge on any atom is 0.267 e. The van der Waals surface area contributed by atoms with Gasteiger partial charge in [-0.15, -0.1) is 10.2 Å². The van der Waals surface area contributed by atoms with Crippen molar-refractivity contribution in [1.29, 1.82) is 0 Å². The van der Waals surface area contributed by atoms with Gasteiger partial charge in [-0.1, -0.05) is 43.0 Å². The average Bonchev–Trinajstić information content (AvgIpc) is 2.95. The molecule has 0 aliphatic heterocycles. The molecule has 2 aromatic rings. The summed E-state index contributed by atoms with van der Waals surface area (Å²) < 4.78 is 6.68. The minimum absolute atomic E-state index is 0.199. The summed E-state index contributed by atoms with van der Waals surface area (Å²) in [6, 6.07) is 5.83. The Morgan fingerprint density at radius 3 is 2.74 bits per heavy atom. The minimum atomic E-state index is -0.553. The van der Waals surface area contributed by atoms with Crippen LogP contribution < -0.4 is 10.1 Å². The Hall–Kier alpha value is -1.60. The first kappa shape index (κ1) is 17.7. The number of amides is 1. The van der Waals surface area contributed by atoms with E-state index in [-0.39, 0.29) is 5.91 Å². The number of ether oxygens (including phenoxy) is 1. The monoisotopic (exact) mass is 351 g/mol. The highest BCUT2D eigenvalue weighted by molar-refractivity contribution is 8.01. The molecule has 7 heteroatoms. The largest absolute Gasteiger partial charge is 0.481 e. The number of carbonyl (C=O) groups is 1. The van der Waals surface area contributed by atoms with Crippen molar-refractivity contribution in [1.82, 2.24) is 10.2 Å². The Morgan fingerprint density at radius 2 is 2.09 bits per heavy atom. The number of benzene rings is 1. The second kappa shape index (κ2) is 8.31. The third-order valence-corrected chi connectivity index (χ3v) is 5.18. The molecule has 1 aromatic carbocycles. The first-order valence-corrected chi connectivity index (χ1v) is 9.34. The zero-order chi connectivity index (χ0) is 16.8. The highest BCUT2D eigenvalue weighted by Crippen LogP contribution is 2.25. The minimum Gasteiger partial charge on any atom is -0.481 e. The highest BCUT2D eigenvalue weighted by Gasteiger charge is 2.20. The Morgan fingerprint density at radius 1 is 1.30 bits per heavy atom. The molecule has 0 spiro atoms. The molecule has 1 heterocycles. The molecule has 0 fully saturated rings. The predicted octanol–water partition coefficient (Wildman–Crippen LogP) is 4.06. The third kappa shape index (κ3) is 4.94. The van der Waals surface area contributed by atoms with Crippen LogP contribution in [-0.2, 0) is 4.79 Å². The zero-order valence-corrected chi connectivity index (χ0v) is 15.4. The lowest BCUT2D eigenvalue weighted by Crippen LogP contribution is -2.32. The van der Waals surface area contributed by atoms with E-state index in [0.29, 0.717) is 17.3 Å². The van der Waals surface area contributed by atoms with E-state index in [4.69, 9.17) is 4.74 Å². The van der Waals surface area contributed by atoms with Crippen LogP contribution in [0.4, 0.5) is 5.13 Å². The van der Waals surface area contributed by atoms with E-state index >= 15 is 0 Å². The lowest BCUT2D eigenvalue weighted by Gasteiger charge is -2.17. The Balaban J connectivity index is 2.01. The standard InChI is InChI=1S/C16H21N3O2S2/c1-5-13(21-12-8-7-10(3)11(4)9-12)14(20)17-15-18-19-16(23-15)22-6-2/h7-9,13H,5-6H2,1-4H3,(H,17,18,20)/t13-/m0/s1. The first-order valence-electron chi connectivity index (χ1n) is 7.54. The number of nitrogens with zero attached hydrogens (tertiary/aromatic N) is 2. The van der Waals surface area contributed by atoms with E-state index in [1.807, 2.05) is 39.0 Å². The van der Waals surface area contributed by atoms with Gasteiger partial charge in [0.2, 0.25) is 5.13 Å². The lowest BCUT2D eigenvalue weighted by molar-refractivity contribution is -0.122. The van der Waals surface area contributed by atoms with Crippen LogP contribution in [0.5, 0.6) is 5.75 Å². The topological polar surface area (TPSA) is 64.1 Å². The Kier molecular flexibility index (Phi) is 6.41. The van der Waals surface area contributed by atoms with Crippen LogP contribution in [0, 0.1) is 13.8 Å². The van der Waals surface area contributed by atoms with E-state index in [0.717, 1.165) is 15.7 Å². The summed E-state index contributed by atoms with van der Waals surface area (Å²) >= 11 is 2.98. The van der Waals surface area contributed by atoms with Gasteiger partial charge in [0.05, 0.1) is 0 Å². The number of nitrogens with one attached hydrogen (secondary N) is 1. The average molecular weight is 351 g/mol. The van der Waals surface area contributed by atoms with E-state index in [1.165, 1.54) is 16.9 Å². The van der Waals surface area contributed by atoms with E-state index in [1.54, 1.807) is 11.8 Å². The first-order chi connectivity index (χ1) is 11.0. The summed E-state index contributed by atoms with van der Waals surface area (Å²) in [5, 5.41) is 11.3. The van der Waals surface area contributed by atoms with Crippen LogP contribution in [0.15, 0.2) is 22.5 Å². The summed E-state index contributed by atoms with van der Waals surface area (Å²) in [6.07, 6.45) is 0.0250. The predicted molar refractivity (Wildman–Crippen MR) is 95.6 cm³/mol. The number of hydrogen-bond donors (Lipinski definition) is 1.